The number of nitrogens with zero attached hydrogens (tertiary/aromatic N) is 4. The standard InChI is InChI=1S/C55H37BN4Si/c57-38-39-33-35-42(36-34-39)58-48-30-16-17-31-49(48)60(41-21-7-2-8-22-41)54-50(58)37-52-53-55(54)59(40-19-5-1-6-20-40)47-29-15-13-27-45(47)56(53)46-28-14-18-32-51(46)61(52,43-23-9-3-10-24-43)44-25-11-4-12-26-44/h1-37H. The normalized spacial score (nSPS) is 13.9. The van der Waals surface area contributed by atoms with Crippen molar-refractivity contribution in [3.05, 3.63) is 230 Å². The van der Waals surface area contributed by atoms with Gasteiger partial charge in [0.15, 0.2) is 8.07 Å². The van der Waals surface area contributed by atoms with Crippen molar-refractivity contribution < 1.29 is 0 Å². The molecule has 0 atom stereocenters. The number of hydrogen-bond acceptors (Lipinski definition) is 4. The van der Waals surface area contributed by atoms with E-state index in [0.29, 0.717) is 5.56 Å². The predicted octanol–water partition coefficient (Wildman–Crippen LogP) is 8.80. The molecule has 12 rings (SSSR count). The van der Waals surface area contributed by atoms with Gasteiger partial charge < -0.3 is 14.7 Å². The van der Waals surface area contributed by atoms with Crippen molar-refractivity contribution in [1.82, 2.24) is 0 Å². The topological polar surface area (TPSA) is 33.5 Å². The van der Waals surface area contributed by atoms with Gasteiger partial charge in [0.25, 0.3) is 0 Å². The van der Waals surface area contributed by atoms with E-state index in [1.54, 1.807) is 0 Å². The Morgan fingerprint density at radius 2 is 0.836 bits per heavy atom. The highest BCUT2D eigenvalue weighted by Gasteiger charge is 2.55. The second-order valence-electron chi connectivity index (χ2n) is 15.9. The molecule has 0 bridgehead atoms. The van der Waals surface area contributed by atoms with Crippen LogP contribution in [0.3, 0.4) is 0 Å². The molecule has 0 saturated heterocycles. The van der Waals surface area contributed by atoms with Crippen LogP contribution in [0.25, 0.3) is 0 Å². The van der Waals surface area contributed by atoms with Gasteiger partial charge in [-0.2, -0.15) is 5.26 Å². The molecule has 0 N–H and O–H groups in total. The maximum Gasteiger partial charge on any atom is 0.246 e. The molecule has 0 radical (unpaired) electrons. The number of nitriles is 1. The fourth-order valence-electron chi connectivity index (χ4n) is 10.6. The van der Waals surface area contributed by atoms with Gasteiger partial charge in [0, 0.05) is 22.7 Å². The molecule has 3 heterocycles. The molecule has 3 aliphatic rings. The first kappa shape index (κ1) is 35.1. The Labute approximate surface area is 357 Å². The predicted molar refractivity (Wildman–Crippen MR) is 257 cm³/mol. The van der Waals surface area contributed by atoms with Crippen molar-refractivity contribution in [2.75, 3.05) is 14.7 Å². The lowest BCUT2D eigenvalue weighted by Crippen LogP contribution is -2.87. The molecular weight excluding hydrogens is 756 g/mol. The van der Waals surface area contributed by atoms with Gasteiger partial charge >= 0.3 is 0 Å². The summed E-state index contributed by atoms with van der Waals surface area (Å²) >= 11 is 0. The van der Waals surface area contributed by atoms with Crippen molar-refractivity contribution in [3.63, 3.8) is 0 Å². The van der Waals surface area contributed by atoms with E-state index in [9.17, 15) is 5.26 Å². The lowest BCUT2D eigenvalue weighted by molar-refractivity contribution is 1.16. The molecule has 4 nitrogen and oxygen atoms in total. The molecule has 0 saturated carbocycles. The van der Waals surface area contributed by atoms with Gasteiger partial charge in [0.05, 0.1) is 40.1 Å². The molecule has 9 aromatic carbocycles. The minimum atomic E-state index is -3.10. The second kappa shape index (κ2) is 13.9. The summed E-state index contributed by atoms with van der Waals surface area (Å²) < 4.78 is 0. The summed E-state index contributed by atoms with van der Waals surface area (Å²) in [7, 11) is -3.10. The molecule has 0 amide bonds. The van der Waals surface area contributed by atoms with Gasteiger partial charge in [0.1, 0.15) is 0 Å². The summed E-state index contributed by atoms with van der Waals surface area (Å²) in [6.45, 7) is -0.0335. The van der Waals surface area contributed by atoms with E-state index in [1.165, 1.54) is 48.5 Å². The van der Waals surface area contributed by atoms with Crippen LogP contribution in [0.1, 0.15) is 5.56 Å². The zero-order valence-electron chi connectivity index (χ0n) is 33.2. The zero-order chi connectivity index (χ0) is 40.5. The largest absolute Gasteiger partial charge is 0.309 e. The first-order valence-electron chi connectivity index (χ1n) is 20.9. The fraction of sp³-hybridized carbons (Fsp3) is 0. The zero-order valence-corrected chi connectivity index (χ0v) is 34.2. The van der Waals surface area contributed by atoms with Gasteiger partial charge in [-0.3, -0.25) is 0 Å². The lowest BCUT2D eigenvalue weighted by atomic mass is 9.34. The molecule has 0 aliphatic carbocycles. The van der Waals surface area contributed by atoms with E-state index >= 15 is 0 Å². The third-order valence-electron chi connectivity index (χ3n) is 12.9. The summed E-state index contributed by atoms with van der Waals surface area (Å²) in [4.78, 5) is 7.49. The Kier molecular flexibility index (Phi) is 7.99. The van der Waals surface area contributed by atoms with Gasteiger partial charge in [0.2, 0.25) is 6.71 Å². The van der Waals surface area contributed by atoms with E-state index in [1.807, 2.05) is 12.1 Å². The number of benzene rings is 9. The Hall–Kier alpha value is -7.85. The minimum Gasteiger partial charge on any atom is -0.309 e. The van der Waals surface area contributed by atoms with Crippen LogP contribution >= 0.6 is 0 Å². The highest BCUT2D eigenvalue weighted by Crippen LogP contribution is 2.58. The number of rotatable bonds is 5. The Morgan fingerprint density at radius 1 is 0.377 bits per heavy atom. The summed E-state index contributed by atoms with van der Waals surface area (Å²) in [6.07, 6.45) is 0. The van der Waals surface area contributed by atoms with Crippen LogP contribution in [0.2, 0.25) is 0 Å². The highest BCUT2D eigenvalue weighted by molar-refractivity contribution is 7.26. The monoisotopic (exact) mass is 792 g/mol. The SMILES string of the molecule is N#Cc1ccc(N2c3ccccc3N(c3ccccc3)c3c2cc2c4c3N(c3ccccc3)c3ccccc3B4c3ccccc3[Si]2(c2ccccc2)c2ccccc2)cc1. The van der Waals surface area contributed by atoms with Crippen molar-refractivity contribution in [2.24, 2.45) is 0 Å². The molecule has 0 aromatic heterocycles. The summed E-state index contributed by atoms with van der Waals surface area (Å²) in [5.41, 5.74) is 14.5. The van der Waals surface area contributed by atoms with E-state index in [2.05, 4.69) is 233 Å². The molecule has 0 spiro atoms. The van der Waals surface area contributed by atoms with Crippen LogP contribution in [0.4, 0.5) is 51.2 Å². The molecule has 284 valence electrons. The molecule has 0 fully saturated rings. The second-order valence-corrected chi connectivity index (χ2v) is 19.7. The van der Waals surface area contributed by atoms with Crippen LogP contribution in [0.15, 0.2) is 224 Å². The van der Waals surface area contributed by atoms with Crippen molar-refractivity contribution in [3.8, 4) is 6.07 Å². The Balaban J connectivity index is 1.34. The fourth-order valence-corrected chi connectivity index (χ4v) is 15.8. The summed E-state index contributed by atoms with van der Waals surface area (Å²) in [5, 5.41) is 15.4. The first-order valence-corrected chi connectivity index (χ1v) is 22.9. The minimum absolute atomic E-state index is 0.0335. The lowest BCUT2D eigenvalue weighted by Gasteiger charge is -2.51. The molecule has 61 heavy (non-hydrogen) atoms. The Morgan fingerprint density at radius 3 is 1.43 bits per heavy atom. The smallest absolute Gasteiger partial charge is 0.246 e. The molecular formula is C55H37BN4Si. The maximum absolute atomic E-state index is 9.95. The van der Waals surface area contributed by atoms with Crippen LogP contribution in [0, 0.1) is 11.3 Å². The highest BCUT2D eigenvalue weighted by atomic mass is 28.3. The number of para-hydroxylation sites is 5. The summed E-state index contributed by atoms with van der Waals surface area (Å²) in [5.74, 6) is 0. The molecule has 3 aliphatic heterocycles. The van der Waals surface area contributed by atoms with Gasteiger partial charge in [-0.1, -0.05) is 157 Å². The molecule has 0 unspecified atom stereocenters. The number of fused-ring (bicyclic) bond motifs is 7. The maximum atomic E-state index is 9.95. The summed E-state index contributed by atoms with van der Waals surface area (Å²) in [6, 6.07) is 84.6. The van der Waals surface area contributed by atoms with Crippen LogP contribution in [0.5, 0.6) is 0 Å². The van der Waals surface area contributed by atoms with E-state index < -0.39 is 8.07 Å². The van der Waals surface area contributed by atoms with Crippen molar-refractivity contribution in [2.45, 2.75) is 0 Å². The molecule has 6 heteroatoms. The van der Waals surface area contributed by atoms with Gasteiger partial charge in [-0.15, -0.1) is 0 Å². The van der Waals surface area contributed by atoms with Crippen LogP contribution in [-0.4, -0.2) is 14.8 Å². The van der Waals surface area contributed by atoms with E-state index in [0.717, 1.165) is 39.8 Å². The third-order valence-corrected chi connectivity index (χ3v) is 17.8. The van der Waals surface area contributed by atoms with Crippen molar-refractivity contribution >= 4 is 103 Å². The van der Waals surface area contributed by atoms with Gasteiger partial charge in [-0.25, -0.2) is 0 Å². The average molecular weight is 793 g/mol. The molecule has 9 aromatic rings. The number of hydrogen-bond donors (Lipinski definition) is 0. The van der Waals surface area contributed by atoms with E-state index in [4.69, 9.17) is 0 Å². The van der Waals surface area contributed by atoms with Gasteiger partial charge in [-0.05, 0) is 104 Å². The Bertz CT molecular complexity index is 3130. The van der Waals surface area contributed by atoms with Crippen LogP contribution in [-0.2, 0) is 0 Å². The average Bonchev–Trinajstić information content (AvgIpc) is 3.34. The quantitative estimate of drug-likeness (QED) is 0.163. The van der Waals surface area contributed by atoms with Crippen molar-refractivity contribution in [1.29, 1.82) is 5.26 Å². The van der Waals surface area contributed by atoms with Crippen LogP contribution < -0.4 is 51.8 Å². The number of anilines is 9. The first-order chi connectivity index (χ1) is 30.3. The third kappa shape index (κ3) is 5.05. The van der Waals surface area contributed by atoms with E-state index in [-0.39, 0.29) is 6.71 Å².